The fourth-order valence-corrected chi connectivity index (χ4v) is 3.23. The van der Waals surface area contributed by atoms with Gasteiger partial charge in [0.1, 0.15) is 0 Å². The summed E-state index contributed by atoms with van der Waals surface area (Å²) in [4.78, 5) is 23.6. The van der Waals surface area contributed by atoms with Crippen molar-refractivity contribution in [2.45, 2.75) is 40.5 Å². The van der Waals surface area contributed by atoms with Gasteiger partial charge in [0.25, 0.3) is 0 Å². The van der Waals surface area contributed by atoms with Gasteiger partial charge < -0.3 is 11.6 Å². The standard InChI is InChI=1S/C20H24O4.Na.H/c1-11(2)8-14-10-13-6-5-7-15(19(21)22)17(13)18(20(23)24)16(14)9-12(3)4;;/h5-7,10-12H,8-9H2,1-4H3,(H,21,22)(H,23,24);;/q;+1;-1. The predicted molar refractivity (Wildman–Crippen MR) is 96.1 cm³/mol. The normalized spacial score (nSPS) is 11.0. The van der Waals surface area contributed by atoms with Gasteiger partial charge in [0.15, 0.2) is 0 Å². The SMILES string of the molecule is CC(C)Cc1cc2cccc(C(=O)O)c2c(C(=O)O)c1CC(C)C.[H-].[Na+]. The molecule has 0 unspecified atom stereocenters. The van der Waals surface area contributed by atoms with Crippen LogP contribution in [0.3, 0.4) is 0 Å². The molecule has 0 spiro atoms. The van der Waals surface area contributed by atoms with Gasteiger partial charge in [0.2, 0.25) is 0 Å². The van der Waals surface area contributed by atoms with Crippen LogP contribution in [-0.2, 0) is 12.8 Å². The second-order valence-corrected chi connectivity index (χ2v) is 7.10. The van der Waals surface area contributed by atoms with Crippen molar-refractivity contribution in [1.29, 1.82) is 0 Å². The Balaban J connectivity index is 0.00000312. The molecule has 2 aromatic rings. The predicted octanol–water partition coefficient (Wildman–Crippen LogP) is 1.75. The van der Waals surface area contributed by atoms with E-state index in [-0.39, 0.29) is 48.0 Å². The maximum atomic E-state index is 12.0. The van der Waals surface area contributed by atoms with Crippen LogP contribution in [0.15, 0.2) is 24.3 Å². The van der Waals surface area contributed by atoms with Crippen LogP contribution >= 0.6 is 0 Å². The van der Waals surface area contributed by atoms with Crippen molar-refractivity contribution >= 4 is 22.7 Å². The summed E-state index contributed by atoms with van der Waals surface area (Å²) < 4.78 is 0. The summed E-state index contributed by atoms with van der Waals surface area (Å²) in [5.74, 6) is -1.49. The Labute approximate surface area is 172 Å². The zero-order valence-corrected chi connectivity index (χ0v) is 17.6. The van der Waals surface area contributed by atoms with Crippen LogP contribution in [0, 0.1) is 11.8 Å². The summed E-state index contributed by atoms with van der Waals surface area (Å²) in [5, 5.41) is 20.3. The summed E-state index contributed by atoms with van der Waals surface area (Å²) in [5.41, 5.74) is 1.97. The Morgan fingerprint density at radius 1 is 1.00 bits per heavy atom. The zero-order chi connectivity index (χ0) is 18.0. The Bertz CT molecular complexity index is 800. The van der Waals surface area contributed by atoms with Crippen LogP contribution in [0.2, 0.25) is 0 Å². The monoisotopic (exact) mass is 352 g/mol. The minimum Gasteiger partial charge on any atom is -1.00 e. The van der Waals surface area contributed by atoms with Crippen LogP contribution in [0.5, 0.6) is 0 Å². The van der Waals surface area contributed by atoms with E-state index < -0.39 is 11.9 Å². The van der Waals surface area contributed by atoms with Gasteiger partial charge in [-0.3, -0.25) is 0 Å². The second-order valence-electron chi connectivity index (χ2n) is 7.10. The molecule has 0 saturated heterocycles. The molecule has 0 amide bonds. The first-order valence-corrected chi connectivity index (χ1v) is 8.26. The average molecular weight is 352 g/mol. The smallest absolute Gasteiger partial charge is 1.00 e. The Hall–Kier alpha value is -1.36. The third-order valence-corrected chi connectivity index (χ3v) is 4.05. The molecular formula is C20H25NaO4. The molecule has 130 valence electrons. The van der Waals surface area contributed by atoms with Crippen LogP contribution < -0.4 is 29.6 Å². The van der Waals surface area contributed by atoms with E-state index in [1.54, 1.807) is 12.1 Å². The first-order chi connectivity index (χ1) is 11.2. The molecule has 0 saturated carbocycles. The molecule has 2 N–H and O–H groups in total. The largest absolute Gasteiger partial charge is 1.00 e. The van der Waals surface area contributed by atoms with Crippen molar-refractivity contribution in [1.82, 2.24) is 0 Å². The number of carbonyl (C=O) groups is 2. The first-order valence-electron chi connectivity index (χ1n) is 8.26. The van der Waals surface area contributed by atoms with Crippen LogP contribution in [-0.4, -0.2) is 22.2 Å². The third-order valence-electron chi connectivity index (χ3n) is 4.05. The number of aromatic carboxylic acids is 2. The Kier molecular flexibility index (Phi) is 7.66. The quantitative estimate of drug-likeness (QED) is 0.777. The summed E-state index contributed by atoms with van der Waals surface area (Å²) >= 11 is 0. The van der Waals surface area contributed by atoms with Crippen molar-refractivity contribution in [2.75, 3.05) is 0 Å². The number of hydrogen-bond donors (Lipinski definition) is 2. The molecule has 4 nitrogen and oxygen atoms in total. The van der Waals surface area contributed by atoms with Gasteiger partial charge in [-0.2, -0.15) is 0 Å². The van der Waals surface area contributed by atoms with E-state index in [2.05, 4.69) is 13.8 Å². The zero-order valence-electron chi connectivity index (χ0n) is 16.6. The molecule has 0 bridgehead atoms. The average Bonchev–Trinajstić information content (AvgIpc) is 2.45. The molecule has 0 aliphatic rings. The fourth-order valence-electron chi connectivity index (χ4n) is 3.23. The van der Waals surface area contributed by atoms with Crippen molar-refractivity contribution in [3.8, 4) is 0 Å². The number of hydrogen-bond acceptors (Lipinski definition) is 2. The first kappa shape index (κ1) is 21.7. The Morgan fingerprint density at radius 2 is 1.60 bits per heavy atom. The summed E-state index contributed by atoms with van der Waals surface area (Å²) in [6, 6.07) is 6.89. The van der Waals surface area contributed by atoms with E-state index in [0.717, 1.165) is 17.5 Å². The maximum absolute atomic E-state index is 12.0. The van der Waals surface area contributed by atoms with E-state index in [4.69, 9.17) is 0 Å². The van der Waals surface area contributed by atoms with Crippen molar-refractivity contribution in [3.05, 3.63) is 46.5 Å². The number of carboxylic acids is 2. The molecule has 25 heavy (non-hydrogen) atoms. The molecule has 5 heteroatoms. The van der Waals surface area contributed by atoms with E-state index in [1.807, 2.05) is 19.9 Å². The Morgan fingerprint density at radius 3 is 2.08 bits per heavy atom. The van der Waals surface area contributed by atoms with Crippen molar-refractivity contribution in [3.63, 3.8) is 0 Å². The number of fused-ring (bicyclic) bond motifs is 1. The molecule has 0 atom stereocenters. The van der Waals surface area contributed by atoms with Gasteiger partial charge >= 0.3 is 41.5 Å². The molecule has 0 heterocycles. The van der Waals surface area contributed by atoms with Crippen LogP contribution in [0.25, 0.3) is 10.8 Å². The third kappa shape index (κ3) is 4.84. The molecule has 0 aliphatic heterocycles. The van der Waals surface area contributed by atoms with E-state index in [1.165, 1.54) is 6.07 Å². The van der Waals surface area contributed by atoms with Crippen LogP contribution in [0.1, 0.15) is 61.0 Å². The van der Waals surface area contributed by atoms with Gasteiger partial charge in [0.05, 0.1) is 11.1 Å². The molecule has 0 aliphatic carbocycles. The van der Waals surface area contributed by atoms with Crippen LogP contribution in [0.4, 0.5) is 0 Å². The second kappa shape index (κ2) is 8.84. The van der Waals surface area contributed by atoms with E-state index >= 15 is 0 Å². The summed E-state index contributed by atoms with van der Waals surface area (Å²) in [6.07, 6.45) is 1.39. The topological polar surface area (TPSA) is 74.6 Å². The minimum absolute atomic E-state index is 0. The molecule has 0 fully saturated rings. The molecule has 2 rings (SSSR count). The van der Waals surface area contributed by atoms with Gasteiger partial charge in [-0.1, -0.05) is 45.9 Å². The van der Waals surface area contributed by atoms with Gasteiger partial charge in [-0.25, -0.2) is 9.59 Å². The van der Waals surface area contributed by atoms with Gasteiger partial charge in [-0.15, -0.1) is 0 Å². The number of rotatable bonds is 6. The van der Waals surface area contributed by atoms with Gasteiger partial charge in [0, 0.05) is 5.39 Å². The fraction of sp³-hybridized carbons (Fsp3) is 0.400. The molecule has 2 aromatic carbocycles. The van der Waals surface area contributed by atoms with Crippen molar-refractivity contribution < 1.29 is 50.8 Å². The molecule has 0 aromatic heterocycles. The minimum atomic E-state index is -1.10. The van der Waals surface area contributed by atoms with E-state index in [0.29, 0.717) is 23.1 Å². The van der Waals surface area contributed by atoms with E-state index in [9.17, 15) is 19.8 Å². The molecular weight excluding hydrogens is 327 g/mol. The number of benzene rings is 2. The van der Waals surface area contributed by atoms with Gasteiger partial charge in [-0.05, 0) is 47.3 Å². The summed E-state index contributed by atoms with van der Waals surface area (Å²) in [7, 11) is 0. The number of carboxylic acid groups (broad SMARTS) is 2. The maximum Gasteiger partial charge on any atom is 1.00 e. The molecule has 0 radical (unpaired) electrons. The van der Waals surface area contributed by atoms with Crippen molar-refractivity contribution in [2.24, 2.45) is 11.8 Å². The summed E-state index contributed by atoms with van der Waals surface area (Å²) in [6.45, 7) is 8.27.